The van der Waals surface area contributed by atoms with Gasteiger partial charge in [-0.3, -0.25) is 0 Å². The van der Waals surface area contributed by atoms with Crippen molar-refractivity contribution in [3.63, 3.8) is 0 Å². The summed E-state index contributed by atoms with van der Waals surface area (Å²) in [6, 6.07) is 7.94. The Morgan fingerprint density at radius 2 is 1.28 bits per heavy atom. The second kappa shape index (κ2) is 5.11. The molecule has 1 unspecified atom stereocenters. The molecular formula is C18H10F6O. The van der Waals surface area contributed by atoms with E-state index in [1.165, 1.54) is 12.1 Å². The molecule has 25 heavy (non-hydrogen) atoms. The van der Waals surface area contributed by atoms with Crippen LogP contribution in [0.5, 0.6) is 0 Å². The summed E-state index contributed by atoms with van der Waals surface area (Å²) >= 11 is 0. The summed E-state index contributed by atoms with van der Waals surface area (Å²) in [6.45, 7) is 0.447. The van der Waals surface area contributed by atoms with Gasteiger partial charge in [-0.1, -0.05) is 12.1 Å². The second-order valence-corrected chi connectivity index (χ2v) is 5.98. The number of benzene rings is 3. The average Bonchev–Trinajstić information content (AvgIpc) is 3.36. The minimum absolute atomic E-state index is 0.139. The molecule has 0 bridgehead atoms. The maximum atomic E-state index is 13.1. The van der Waals surface area contributed by atoms with Crippen molar-refractivity contribution in [2.75, 3.05) is 6.61 Å². The summed E-state index contributed by atoms with van der Waals surface area (Å²) in [5.41, 5.74) is -1.10. The summed E-state index contributed by atoms with van der Waals surface area (Å²) < 4.78 is 83.4. The van der Waals surface area contributed by atoms with E-state index in [0.29, 0.717) is 22.9 Å². The zero-order valence-corrected chi connectivity index (χ0v) is 12.5. The molecule has 7 heteroatoms. The van der Waals surface area contributed by atoms with Crippen LogP contribution in [0.1, 0.15) is 22.8 Å². The zero-order chi connectivity index (χ0) is 18.0. The van der Waals surface area contributed by atoms with Crippen LogP contribution in [0.3, 0.4) is 0 Å². The van der Waals surface area contributed by atoms with Gasteiger partial charge in [-0.05, 0) is 57.4 Å². The van der Waals surface area contributed by atoms with E-state index in [0.717, 1.165) is 24.3 Å². The molecule has 0 saturated carbocycles. The maximum Gasteiger partial charge on any atom is 0.416 e. The first kappa shape index (κ1) is 16.2. The number of rotatable bonds is 1. The maximum absolute atomic E-state index is 13.1. The van der Waals surface area contributed by atoms with Crippen LogP contribution in [-0.4, -0.2) is 6.61 Å². The van der Waals surface area contributed by atoms with Gasteiger partial charge in [-0.2, -0.15) is 26.3 Å². The normalized spacial score (nSPS) is 18.1. The van der Waals surface area contributed by atoms with Crippen LogP contribution in [0.2, 0.25) is 0 Å². The van der Waals surface area contributed by atoms with Gasteiger partial charge in [0.15, 0.2) is 0 Å². The average molecular weight is 356 g/mol. The molecule has 0 spiro atoms. The van der Waals surface area contributed by atoms with Crippen LogP contribution in [-0.2, 0) is 17.1 Å². The van der Waals surface area contributed by atoms with Gasteiger partial charge >= 0.3 is 12.4 Å². The predicted octanol–water partition coefficient (Wildman–Crippen LogP) is 6.10. The lowest BCUT2D eigenvalue weighted by molar-refractivity contribution is -0.138. The van der Waals surface area contributed by atoms with Gasteiger partial charge in [0.2, 0.25) is 0 Å². The lowest BCUT2D eigenvalue weighted by atomic mass is 9.93. The van der Waals surface area contributed by atoms with Gasteiger partial charge < -0.3 is 4.74 Å². The quantitative estimate of drug-likeness (QED) is 0.291. The molecular weight excluding hydrogens is 346 g/mol. The number of fused-ring (bicyclic) bond motifs is 3. The predicted molar refractivity (Wildman–Crippen MR) is 80.2 cm³/mol. The van der Waals surface area contributed by atoms with Crippen molar-refractivity contribution in [1.82, 2.24) is 0 Å². The Balaban J connectivity index is 2.08. The lowest BCUT2D eigenvalue weighted by Crippen LogP contribution is -2.06. The first-order valence-electron chi connectivity index (χ1n) is 7.41. The Hall–Kier alpha value is -2.28. The van der Waals surface area contributed by atoms with Gasteiger partial charge in [0.1, 0.15) is 6.10 Å². The SMILES string of the molecule is FC(F)(F)c1ccc2cc(C3CO3)c3ccc(C(F)(F)F)cc3c2c1. The van der Waals surface area contributed by atoms with E-state index in [9.17, 15) is 26.3 Å². The highest BCUT2D eigenvalue weighted by atomic mass is 19.4. The van der Waals surface area contributed by atoms with Gasteiger partial charge in [0, 0.05) is 0 Å². The summed E-state index contributed by atoms with van der Waals surface area (Å²) in [5, 5.41) is 1.21. The second-order valence-electron chi connectivity index (χ2n) is 5.98. The van der Waals surface area contributed by atoms with Crippen molar-refractivity contribution in [1.29, 1.82) is 0 Å². The van der Waals surface area contributed by atoms with Crippen molar-refractivity contribution in [2.24, 2.45) is 0 Å². The molecule has 3 aromatic carbocycles. The largest absolute Gasteiger partial charge is 0.416 e. The molecule has 0 aromatic heterocycles. The topological polar surface area (TPSA) is 12.5 Å². The number of epoxide rings is 1. The number of alkyl halides is 6. The number of hydrogen-bond acceptors (Lipinski definition) is 1. The molecule has 0 N–H and O–H groups in total. The third kappa shape index (κ3) is 2.82. The van der Waals surface area contributed by atoms with E-state index in [1.54, 1.807) is 6.07 Å². The Kier molecular flexibility index (Phi) is 3.31. The van der Waals surface area contributed by atoms with Gasteiger partial charge in [0.25, 0.3) is 0 Å². The molecule has 0 aliphatic carbocycles. The van der Waals surface area contributed by atoms with E-state index in [4.69, 9.17) is 4.74 Å². The van der Waals surface area contributed by atoms with Crippen molar-refractivity contribution < 1.29 is 31.1 Å². The van der Waals surface area contributed by atoms with E-state index >= 15 is 0 Å². The third-order valence-electron chi connectivity index (χ3n) is 4.32. The molecule has 130 valence electrons. The Labute approximate surface area is 137 Å². The highest BCUT2D eigenvalue weighted by Crippen LogP contribution is 2.42. The molecule has 1 heterocycles. The third-order valence-corrected chi connectivity index (χ3v) is 4.32. The molecule has 1 saturated heterocycles. The summed E-state index contributed by atoms with van der Waals surface area (Å²) in [6.07, 6.45) is -9.37. The van der Waals surface area contributed by atoms with Crippen molar-refractivity contribution in [3.05, 3.63) is 59.2 Å². The molecule has 1 aliphatic heterocycles. The fourth-order valence-electron chi connectivity index (χ4n) is 3.03. The Morgan fingerprint density at radius 3 is 1.84 bits per heavy atom. The number of hydrogen-bond donors (Lipinski definition) is 0. The Morgan fingerprint density at radius 1 is 0.720 bits per heavy atom. The van der Waals surface area contributed by atoms with Gasteiger partial charge in [-0.15, -0.1) is 0 Å². The summed E-state index contributed by atoms with van der Waals surface area (Å²) in [7, 11) is 0. The summed E-state index contributed by atoms with van der Waals surface area (Å²) in [5.74, 6) is 0. The molecule has 0 amide bonds. The van der Waals surface area contributed by atoms with Crippen LogP contribution in [0, 0.1) is 0 Å². The fraction of sp³-hybridized carbons (Fsp3) is 0.222. The fourth-order valence-corrected chi connectivity index (χ4v) is 3.03. The summed E-state index contributed by atoms with van der Waals surface area (Å²) in [4.78, 5) is 0. The van der Waals surface area contributed by atoms with E-state index in [2.05, 4.69) is 0 Å². The van der Waals surface area contributed by atoms with E-state index in [-0.39, 0.29) is 16.9 Å². The van der Waals surface area contributed by atoms with Crippen molar-refractivity contribution in [2.45, 2.75) is 18.5 Å². The molecule has 3 aromatic rings. The van der Waals surface area contributed by atoms with Crippen LogP contribution in [0.15, 0.2) is 42.5 Å². The zero-order valence-electron chi connectivity index (χ0n) is 12.5. The smallest absolute Gasteiger partial charge is 0.368 e. The molecule has 1 aliphatic rings. The van der Waals surface area contributed by atoms with Gasteiger partial charge in [0.05, 0.1) is 17.7 Å². The molecule has 1 atom stereocenters. The van der Waals surface area contributed by atoms with Crippen LogP contribution >= 0.6 is 0 Å². The van der Waals surface area contributed by atoms with Crippen LogP contribution in [0.4, 0.5) is 26.3 Å². The minimum Gasteiger partial charge on any atom is -0.368 e. The molecule has 1 nitrogen and oxygen atoms in total. The standard InChI is InChI=1S/C18H10F6O/c19-17(20,21)10-2-1-9-5-15(16-8-25-16)12-4-3-11(18(22,23)24)7-14(12)13(9)6-10/h1-7,16H,8H2. The van der Waals surface area contributed by atoms with E-state index < -0.39 is 23.5 Å². The lowest BCUT2D eigenvalue weighted by Gasteiger charge is -2.14. The first-order valence-corrected chi connectivity index (χ1v) is 7.41. The highest BCUT2D eigenvalue weighted by molar-refractivity contribution is 6.09. The van der Waals surface area contributed by atoms with Crippen molar-refractivity contribution >= 4 is 21.5 Å². The van der Waals surface area contributed by atoms with Crippen molar-refractivity contribution in [3.8, 4) is 0 Å². The molecule has 1 fully saturated rings. The number of ether oxygens (including phenoxy) is 1. The monoisotopic (exact) mass is 356 g/mol. The Bertz CT molecular complexity index is 983. The number of halogens is 6. The molecule has 4 rings (SSSR count). The van der Waals surface area contributed by atoms with E-state index in [1.807, 2.05) is 0 Å². The minimum atomic E-state index is -4.58. The highest BCUT2D eigenvalue weighted by Gasteiger charge is 2.34. The first-order chi connectivity index (χ1) is 11.6. The van der Waals surface area contributed by atoms with Crippen LogP contribution < -0.4 is 0 Å². The van der Waals surface area contributed by atoms with Crippen LogP contribution in [0.25, 0.3) is 21.5 Å². The van der Waals surface area contributed by atoms with Gasteiger partial charge in [-0.25, -0.2) is 0 Å². The molecule has 0 radical (unpaired) electrons.